The third-order valence-electron chi connectivity index (χ3n) is 3.82. The highest BCUT2D eigenvalue weighted by molar-refractivity contribution is 6.35. The van der Waals surface area contributed by atoms with Crippen LogP contribution in [0.15, 0.2) is 30.5 Å². The van der Waals surface area contributed by atoms with Crippen molar-refractivity contribution in [3.63, 3.8) is 0 Å². The van der Waals surface area contributed by atoms with E-state index in [4.69, 9.17) is 11.6 Å². The van der Waals surface area contributed by atoms with Gasteiger partial charge in [0.25, 0.3) is 0 Å². The first kappa shape index (κ1) is 13.3. The zero-order chi connectivity index (χ0) is 14.1. The number of benzene rings is 1. The van der Waals surface area contributed by atoms with Crippen LogP contribution in [0.5, 0.6) is 0 Å². The van der Waals surface area contributed by atoms with Gasteiger partial charge in [0.2, 0.25) is 0 Å². The molecule has 1 aromatic heterocycles. The molecule has 0 spiro atoms. The first-order valence-corrected chi connectivity index (χ1v) is 7.03. The zero-order valence-corrected chi connectivity index (χ0v) is 11.7. The van der Waals surface area contributed by atoms with E-state index in [9.17, 15) is 9.90 Å². The highest BCUT2D eigenvalue weighted by atomic mass is 35.5. The van der Waals surface area contributed by atoms with E-state index in [0.29, 0.717) is 18.0 Å². The van der Waals surface area contributed by atoms with Crippen LogP contribution in [-0.4, -0.2) is 33.5 Å². The summed E-state index contributed by atoms with van der Waals surface area (Å²) in [5, 5.41) is 10.8. The van der Waals surface area contributed by atoms with Gasteiger partial charge in [-0.3, -0.25) is 14.7 Å². The number of carbonyl (C=O) groups is 1. The van der Waals surface area contributed by atoms with Gasteiger partial charge >= 0.3 is 5.97 Å². The molecule has 0 saturated carbocycles. The van der Waals surface area contributed by atoms with Crippen LogP contribution in [0.4, 0.5) is 0 Å². The number of pyridine rings is 1. The van der Waals surface area contributed by atoms with Crippen LogP contribution in [0.3, 0.4) is 0 Å². The molecule has 0 amide bonds. The highest BCUT2D eigenvalue weighted by Crippen LogP contribution is 2.27. The summed E-state index contributed by atoms with van der Waals surface area (Å²) in [6, 6.07) is 7.20. The van der Waals surface area contributed by atoms with Crippen LogP contribution >= 0.6 is 11.6 Å². The Morgan fingerprint density at radius 1 is 1.45 bits per heavy atom. The summed E-state index contributed by atoms with van der Waals surface area (Å²) in [5.41, 5.74) is 1.88. The van der Waals surface area contributed by atoms with Crippen LogP contribution in [0.2, 0.25) is 5.02 Å². The van der Waals surface area contributed by atoms with Gasteiger partial charge in [0.15, 0.2) is 0 Å². The van der Waals surface area contributed by atoms with Gasteiger partial charge in [-0.1, -0.05) is 17.7 Å². The second-order valence-electron chi connectivity index (χ2n) is 5.07. The minimum Gasteiger partial charge on any atom is -0.480 e. The number of aliphatic carboxylic acids is 1. The maximum absolute atomic E-state index is 11.2. The van der Waals surface area contributed by atoms with Gasteiger partial charge in [0.1, 0.15) is 6.04 Å². The molecule has 5 heteroatoms. The number of nitrogens with zero attached hydrogens (tertiary/aromatic N) is 2. The summed E-state index contributed by atoms with van der Waals surface area (Å²) in [5.74, 6) is -0.742. The molecule has 20 heavy (non-hydrogen) atoms. The summed E-state index contributed by atoms with van der Waals surface area (Å²) in [6.07, 6.45) is 3.38. The van der Waals surface area contributed by atoms with Gasteiger partial charge in [-0.25, -0.2) is 0 Å². The number of carboxylic acids is 1. The number of rotatable bonds is 3. The summed E-state index contributed by atoms with van der Waals surface area (Å²) in [4.78, 5) is 17.6. The fourth-order valence-corrected chi connectivity index (χ4v) is 3.05. The fourth-order valence-electron chi connectivity index (χ4n) is 2.84. The third kappa shape index (κ3) is 2.37. The third-order valence-corrected chi connectivity index (χ3v) is 4.15. The van der Waals surface area contributed by atoms with Gasteiger partial charge < -0.3 is 5.11 Å². The van der Waals surface area contributed by atoms with E-state index in [1.165, 1.54) is 0 Å². The largest absolute Gasteiger partial charge is 0.480 e. The van der Waals surface area contributed by atoms with Crippen LogP contribution in [0.25, 0.3) is 10.9 Å². The standard InChI is InChI=1S/C15H15ClN2O2/c16-12-6-5-10(14-11(12)3-1-7-17-14)9-18-8-2-4-13(18)15(19)20/h1,3,5-7,13H,2,4,8-9H2,(H,19,20)/t13-/m0/s1. The van der Waals surface area contributed by atoms with E-state index >= 15 is 0 Å². The minimum atomic E-state index is -0.742. The summed E-state index contributed by atoms with van der Waals surface area (Å²) >= 11 is 6.18. The van der Waals surface area contributed by atoms with Crippen molar-refractivity contribution in [2.45, 2.75) is 25.4 Å². The normalized spacial score (nSPS) is 19.6. The van der Waals surface area contributed by atoms with Crippen LogP contribution < -0.4 is 0 Å². The lowest BCUT2D eigenvalue weighted by molar-refractivity contribution is -0.142. The van der Waals surface area contributed by atoms with Gasteiger partial charge in [0, 0.05) is 23.2 Å². The van der Waals surface area contributed by atoms with E-state index in [1.807, 2.05) is 29.2 Å². The molecule has 0 radical (unpaired) electrons. The Morgan fingerprint density at radius 3 is 3.10 bits per heavy atom. The number of halogens is 1. The molecule has 1 fully saturated rings. The predicted octanol–water partition coefficient (Wildman–Crippen LogP) is 2.94. The van der Waals surface area contributed by atoms with Crippen molar-refractivity contribution < 1.29 is 9.90 Å². The van der Waals surface area contributed by atoms with Crippen molar-refractivity contribution in [2.24, 2.45) is 0 Å². The molecule has 3 rings (SSSR count). The SMILES string of the molecule is O=C(O)[C@@H]1CCCN1Cc1ccc(Cl)c2cccnc12. The van der Waals surface area contributed by atoms with Gasteiger partial charge in [-0.15, -0.1) is 0 Å². The lowest BCUT2D eigenvalue weighted by Crippen LogP contribution is -2.35. The maximum Gasteiger partial charge on any atom is 0.320 e. The Labute approximate surface area is 122 Å². The lowest BCUT2D eigenvalue weighted by atomic mass is 10.1. The first-order valence-electron chi connectivity index (χ1n) is 6.66. The van der Waals surface area contributed by atoms with E-state index in [-0.39, 0.29) is 6.04 Å². The molecule has 1 atom stereocenters. The molecular weight excluding hydrogens is 276 g/mol. The smallest absolute Gasteiger partial charge is 0.320 e. The quantitative estimate of drug-likeness (QED) is 0.944. The molecule has 1 N–H and O–H groups in total. The summed E-state index contributed by atoms with van der Waals surface area (Å²) in [7, 11) is 0. The molecule has 1 aliphatic heterocycles. The number of hydrogen-bond acceptors (Lipinski definition) is 3. The van der Waals surface area contributed by atoms with Gasteiger partial charge in [0.05, 0.1) is 5.52 Å². The van der Waals surface area contributed by atoms with Gasteiger partial charge in [-0.05, 0) is 43.1 Å². The molecule has 0 unspecified atom stereocenters. The molecule has 1 aliphatic rings. The molecule has 4 nitrogen and oxygen atoms in total. The number of aromatic nitrogens is 1. The molecule has 1 aromatic carbocycles. The first-order chi connectivity index (χ1) is 9.66. The molecule has 104 valence electrons. The monoisotopic (exact) mass is 290 g/mol. The van der Waals surface area contributed by atoms with Crippen molar-refractivity contribution >= 4 is 28.5 Å². The Hall–Kier alpha value is -1.65. The van der Waals surface area contributed by atoms with E-state index in [2.05, 4.69) is 4.98 Å². The summed E-state index contributed by atoms with van der Waals surface area (Å²) in [6.45, 7) is 1.41. The number of likely N-dealkylation sites (tertiary alicyclic amines) is 1. The van der Waals surface area contributed by atoms with Crippen molar-refractivity contribution in [3.8, 4) is 0 Å². The van der Waals surface area contributed by atoms with Gasteiger partial charge in [-0.2, -0.15) is 0 Å². The maximum atomic E-state index is 11.2. The number of carboxylic acid groups (broad SMARTS) is 1. The van der Waals surface area contributed by atoms with E-state index < -0.39 is 5.97 Å². The topological polar surface area (TPSA) is 53.4 Å². The number of fused-ring (bicyclic) bond motifs is 1. The Morgan fingerprint density at radius 2 is 2.30 bits per heavy atom. The van der Waals surface area contributed by atoms with Crippen molar-refractivity contribution in [2.75, 3.05) is 6.54 Å². The Kier molecular flexibility index (Phi) is 3.59. The van der Waals surface area contributed by atoms with Crippen molar-refractivity contribution in [1.29, 1.82) is 0 Å². The van der Waals surface area contributed by atoms with E-state index in [0.717, 1.165) is 29.4 Å². The Bertz CT molecular complexity index is 659. The second-order valence-corrected chi connectivity index (χ2v) is 5.48. The molecule has 1 saturated heterocycles. The van der Waals surface area contributed by atoms with Crippen molar-refractivity contribution in [3.05, 3.63) is 41.0 Å². The van der Waals surface area contributed by atoms with Crippen LogP contribution in [0.1, 0.15) is 18.4 Å². The van der Waals surface area contributed by atoms with E-state index in [1.54, 1.807) is 6.20 Å². The Balaban J connectivity index is 1.95. The summed E-state index contributed by atoms with van der Waals surface area (Å²) < 4.78 is 0. The van der Waals surface area contributed by atoms with Crippen LogP contribution in [-0.2, 0) is 11.3 Å². The second kappa shape index (κ2) is 5.38. The molecular formula is C15H15ClN2O2. The molecule has 2 heterocycles. The molecule has 2 aromatic rings. The van der Waals surface area contributed by atoms with Crippen LogP contribution in [0, 0.1) is 0 Å². The fraction of sp³-hybridized carbons (Fsp3) is 0.333. The molecule has 0 aliphatic carbocycles. The average molecular weight is 291 g/mol. The molecule has 0 bridgehead atoms. The average Bonchev–Trinajstić information content (AvgIpc) is 2.91. The highest BCUT2D eigenvalue weighted by Gasteiger charge is 2.30. The number of hydrogen-bond donors (Lipinski definition) is 1. The van der Waals surface area contributed by atoms with Crippen molar-refractivity contribution in [1.82, 2.24) is 9.88 Å². The zero-order valence-electron chi connectivity index (χ0n) is 10.9. The minimum absolute atomic E-state index is 0.385. The lowest BCUT2D eigenvalue weighted by Gasteiger charge is -2.21. The predicted molar refractivity (Wildman–Crippen MR) is 77.8 cm³/mol.